The Hall–Kier alpha value is -2.18. The van der Waals surface area contributed by atoms with Crippen LogP contribution in [0.3, 0.4) is 0 Å². The van der Waals surface area contributed by atoms with Crippen LogP contribution in [-0.4, -0.2) is 10.2 Å². The fourth-order valence-corrected chi connectivity index (χ4v) is 1.34. The molecule has 0 fully saturated rings. The first-order chi connectivity index (χ1) is 8.47. The summed E-state index contributed by atoms with van der Waals surface area (Å²) in [5, 5.41) is 6.23. The minimum atomic E-state index is -4.34. The van der Waals surface area contributed by atoms with Crippen LogP contribution in [0.1, 0.15) is 11.1 Å². The number of halogens is 3. The van der Waals surface area contributed by atoms with Crippen molar-refractivity contribution in [3.05, 3.63) is 41.6 Å². The number of H-pyrrole nitrogens is 1. The van der Waals surface area contributed by atoms with Crippen LogP contribution in [0.2, 0.25) is 0 Å². The lowest BCUT2D eigenvalue weighted by Gasteiger charge is -2.08. The molecule has 2 aromatic rings. The molecular weight excluding hydrogens is 247 g/mol. The molecule has 0 aliphatic heterocycles. The molecule has 2 rings (SSSR count). The van der Waals surface area contributed by atoms with Crippen LogP contribution >= 0.6 is 0 Å². The minimum absolute atomic E-state index is 0.147. The second-order valence-corrected chi connectivity index (χ2v) is 3.62. The Morgan fingerprint density at radius 1 is 1.22 bits per heavy atom. The monoisotopic (exact) mass is 257 g/mol. The molecule has 4 nitrogen and oxygen atoms in total. The van der Waals surface area contributed by atoms with Gasteiger partial charge in [0.2, 0.25) is 0 Å². The molecule has 0 bridgehead atoms. The maximum Gasteiger partial charge on any atom is 0.416 e. The first kappa shape index (κ1) is 12.3. The predicted octanol–water partition coefficient (Wildman–Crippen LogP) is 2.59. The molecule has 18 heavy (non-hydrogen) atoms. The second kappa shape index (κ2) is 4.59. The van der Waals surface area contributed by atoms with Crippen molar-refractivity contribution in [2.24, 2.45) is 0 Å². The van der Waals surface area contributed by atoms with E-state index < -0.39 is 11.7 Å². The highest BCUT2D eigenvalue weighted by Gasteiger charge is 2.29. The molecule has 0 aliphatic rings. The number of hydrogen-bond acceptors (Lipinski definition) is 3. The smallest absolute Gasteiger partial charge is 0.416 e. The Bertz CT molecular complexity index is 519. The van der Waals surface area contributed by atoms with Gasteiger partial charge in [-0.25, -0.2) is 0 Å². The average molecular weight is 257 g/mol. The summed E-state index contributed by atoms with van der Waals surface area (Å²) in [4.78, 5) is 0. The Balaban J connectivity index is 2.01. The molecule has 0 spiro atoms. The van der Waals surface area contributed by atoms with Crippen LogP contribution < -0.4 is 10.5 Å². The number of rotatable bonds is 3. The predicted molar refractivity (Wildman–Crippen MR) is 58.8 cm³/mol. The summed E-state index contributed by atoms with van der Waals surface area (Å²) in [5.41, 5.74) is 5.48. The van der Waals surface area contributed by atoms with E-state index in [0.29, 0.717) is 17.1 Å². The normalized spacial score (nSPS) is 11.5. The first-order valence-electron chi connectivity index (χ1n) is 5.04. The van der Waals surface area contributed by atoms with Gasteiger partial charge in [0, 0.05) is 0 Å². The molecule has 1 aromatic heterocycles. The van der Waals surface area contributed by atoms with E-state index in [1.807, 2.05) is 0 Å². The third kappa shape index (κ3) is 2.73. The van der Waals surface area contributed by atoms with E-state index in [-0.39, 0.29) is 6.61 Å². The summed E-state index contributed by atoms with van der Waals surface area (Å²) in [5.74, 6) is 0.713. The quantitative estimate of drug-likeness (QED) is 0.888. The molecule has 3 N–H and O–H groups in total. The Morgan fingerprint density at radius 3 is 2.39 bits per heavy atom. The van der Waals surface area contributed by atoms with Crippen LogP contribution in [0.4, 0.5) is 19.0 Å². The Kier molecular flexibility index (Phi) is 3.14. The number of ether oxygens (including phenoxy) is 1. The molecule has 0 saturated heterocycles. The number of nitrogens with two attached hydrogens (primary N) is 1. The molecule has 0 aliphatic carbocycles. The van der Waals surface area contributed by atoms with Crippen molar-refractivity contribution >= 4 is 5.82 Å². The summed E-state index contributed by atoms with van der Waals surface area (Å²) in [7, 11) is 0. The summed E-state index contributed by atoms with van der Waals surface area (Å²) in [6.07, 6.45) is -2.84. The molecule has 7 heteroatoms. The van der Waals surface area contributed by atoms with Crippen molar-refractivity contribution in [2.75, 3.05) is 5.73 Å². The van der Waals surface area contributed by atoms with Gasteiger partial charge in [-0.05, 0) is 24.3 Å². The first-order valence-corrected chi connectivity index (χ1v) is 5.04. The van der Waals surface area contributed by atoms with Crippen LogP contribution in [0, 0.1) is 0 Å². The number of aromatic amines is 1. The number of aromatic nitrogens is 2. The van der Waals surface area contributed by atoms with Gasteiger partial charge in [-0.2, -0.15) is 18.3 Å². The number of nitrogen functional groups attached to an aromatic ring is 1. The van der Waals surface area contributed by atoms with Crippen LogP contribution in [0.25, 0.3) is 0 Å². The maximum absolute atomic E-state index is 12.3. The van der Waals surface area contributed by atoms with Crippen LogP contribution in [-0.2, 0) is 12.8 Å². The third-order valence-corrected chi connectivity index (χ3v) is 2.33. The van der Waals surface area contributed by atoms with E-state index in [1.54, 1.807) is 0 Å². The molecule has 96 valence electrons. The topological polar surface area (TPSA) is 63.9 Å². The molecule has 1 heterocycles. The van der Waals surface area contributed by atoms with Crippen molar-refractivity contribution in [3.8, 4) is 5.75 Å². The lowest BCUT2D eigenvalue weighted by atomic mass is 10.2. The fourth-order valence-electron chi connectivity index (χ4n) is 1.34. The lowest BCUT2D eigenvalue weighted by Crippen LogP contribution is -2.04. The summed E-state index contributed by atoms with van der Waals surface area (Å²) >= 11 is 0. The number of nitrogens with zero attached hydrogens (tertiary/aromatic N) is 1. The molecule has 1 aromatic carbocycles. The highest BCUT2D eigenvalue weighted by Crippen LogP contribution is 2.30. The number of anilines is 1. The average Bonchev–Trinajstić information content (AvgIpc) is 2.72. The van der Waals surface area contributed by atoms with Crippen LogP contribution in [0.15, 0.2) is 30.5 Å². The SMILES string of the molecule is Nc1[nH]ncc1COc1ccc(C(F)(F)F)cc1. The van der Waals surface area contributed by atoms with Gasteiger partial charge in [0.1, 0.15) is 18.2 Å². The van der Waals surface area contributed by atoms with Crippen molar-refractivity contribution < 1.29 is 17.9 Å². The number of benzene rings is 1. The van der Waals surface area contributed by atoms with Gasteiger partial charge in [-0.1, -0.05) is 0 Å². The van der Waals surface area contributed by atoms with Gasteiger partial charge >= 0.3 is 6.18 Å². The van der Waals surface area contributed by atoms with Gasteiger partial charge in [0.25, 0.3) is 0 Å². The van der Waals surface area contributed by atoms with Gasteiger partial charge in [0.15, 0.2) is 0 Å². The zero-order valence-corrected chi connectivity index (χ0v) is 9.16. The lowest BCUT2D eigenvalue weighted by molar-refractivity contribution is -0.137. The Morgan fingerprint density at radius 2 is 1.89 bits per heavy atom. The summed E-state index contributed by atoms with van der Waals surface area (Å²) in [6.45, 7) is 0.147. The molecule has 0 radical (unpaired) electrons. The molecule has 0 atom stereocenters. The van der Waals surface area contributed by atoms with E-state index in [2.05, 4.69) is 10.2 Å². The maximum atomic E-state index is 12.3. The Labute approximate surface area is 101 Å². The van der Waals surface area contributed by atoms with E-state index in [4.69, 9.17) is 10.5 Å². The third-order valence-electron chi connectivity index (χ3n) is 2.33. The van der Waals surface area contributed by atoms with Crippen molar-refractivity contribution in [1.29, 1.82) is 0 Å². The minimum Gasteiger partial charge on any atom is -0.489 e. The highest BCUT2D eigenvalue weighted by atomic mass is 19.4. The van der Waals surface area contributed by atoms with Gasteiger partial charge < -0.3 is 10.5 Å². The van der Waals surface area contributed by atoms with E-state index >= 15 is 0 Å². The fraction of sp³-hybridized carbons (Fsp3) is 0.182. The molecular formula is C11H10F3N3O. The van der Waals surface area contributed by atoms with E-state index in [1.165, 1.54) is 18.3 Å². The summed E-state index contributed by atoms with van der Waals surface area (Å²) in [6, 6.07) is 4.46. The number of nitrogens with one attached hydrogen (secondary N) is 1. The zero-order valence-electron chi connectivity index (χ0n) is 9.16. The van der Waals surface area contributed by atoms with Crippen molar-refractivity contribution in [2.45, 2.75) is 12.8 Å². The second-order valence-electron chi connectivity index (χ2n) is 3.62. The molecule has 0 unspecified atom stereocenters. The molecule has 0 saturated carbocycles. The van der Waals surface area contributed by atoms with Gasteiger partial charge in [0.05, 0.1) is 17.3 Å². The van der Waals surface area contributed by atoms with Crippen LogP contribution in [0.5, 0.6) is 5.75 Å². The standard InChI is InChI=1S/C11H10F3N3O/c12-11(13,14)8-1-3-9(4-2-8)18-6-7-5-16-17-10(7)15/h1-5H,6H2,(H3,15,16,17). The van der Waals surface area contributed by atoms with E-state index in [0.717, 1.165) is 12.1 Å². The highest BCUT2D eigenvalue weighted by molar-refractivity contribution is 5.37. The summed E-state index contributed by atoms with van der Waals surface area (Å²) < 4.78 is 42.2. The van der Waals surface area contributed by atoms with Gasteiger partial charge in [-0.3, -0.25) is 5.10 Å². The number of alkyl halides is 3. The van der Waals surface area contributed by atoms with E-state index in [9.17, 15) is 13.2 Å². The largest absolute Gasteiger partial charge is 0.489 e. The number of hydrogen-bond donors (Lipinski definition) is 2. The van der Waals surface area contributed by atoms with Crippen molar-refractivity contribution in [1.82, 2.24) is 10.2 Å². The molecule has 0 amide bonds. The van der Waals surface area contributed by atoms with Crippen molar-refractivity contribution in [3.63, 3.8) is 0 Å². The zero-order chi connectivity index (χ0) is 13.2. The van der Waals surface area contributed by atoms with Gasteiger partial charge in [-0.15, -0.1) is 0 Å².